The van der Waals surface area contributed by atoms with Gasteiger partial charge >= 0.3 is 6.18 Å². The fraction of sp³-hybridized carbons (Fsp3) is 0.118. The lowest BCUT2D eigenvalue weighted by Gasteiger charge is -2.08. The first kappa shape index (κ1) is 15.8. The monoisotopic (exact) mass is 305 g/mol. The predicted molar refractivity (Wildman–Crippen MR) is 79.7 cm³/mol. The van der Waals surface area contributed by atoms with Crippen molar-refractivity contribution in [3.8, 4) is 0 Å². The van der Waals surface area contributed by atoms with E-state index in [0.717, 1.165) is 17.7 Å². The Labute approximate surface area is 126 Å². The quantitative estimate of drug-likeness (QED) is 0.648. The van der Waals surface area contributed by atoms with E-state index in [2.05, 4.69) is 5.32 Å². The second kappa shape index (κ2) is 6.47. The summed E-state index contributed by atoms with van der Waals surface area (Å²) in [6, 6.07) is 11.8. The molecule has 2 rings (SSSR count). The Balaban J connectivity index is 2.03. The fourth-order valence-corrected chi connectivity index (χ4v) is 1.81. The summed E-state index contributed by atoms with van der Waals surface area (Å²) in [5.41, 5.74) is 1.09. The van der Waals surface area contributed by atoms with Crippen molar-refractivity contribution in [2.75, 3.05) is 5.32 Å². The van der Waals surface area contributed by atoms with Gasteiger partial charge in [-0.1, -0.05) is 35.9 Å². The van der Waals surface area contributed by atoms with Crippen LogP contribution in [0.5, 0.6) is 0 Å². The molecule has 0 heterocycles. The van der Waals surface area contributed by atoms with Crippen LogP contribution in [-0.4, -0.2) is 5.78 Å². The van der Waals surface area contributed by atoms with Crippen molar-refractivity contribution in [2.24, 2.45) is 0 Å². The van der Waals surface area contributed by atoms with E-state index in [1.807, 2.05) is 19.1 Å². The zero-order chi connectivity index (χ0) is 16.2. The molecule has 0 saturated heterocycles. The minimum absolute atomic E-state index is 0.223. The Kier molecular flexibility index (Phi) is 4.65. The summed E-state index contributed by atoms with van der Waals surface area (Å²) in [7, 11) is 0. The number of allylic oxidation sites excluding steroid dienone is 1. The van der Waals surface area contributed by atoms with Crippen LogP contribution in [0.1, 0.15) is 21.5 Å². The first-order valence-electron chi connectivity index (χ1n) is 6.57. The summed E-state index contributed by atoms with van der Waals surface area (Å²) in [6.45, 7) is 1.92. The number of ketones is 1. The Morgan fingerprint density at radius 2 is 1.77 bits per heavy atom. The molecule has 2 aromatic rings. The van der Waals surface area contributed by atoms with E-state index in [0.29, 0.717) is 5.56 Å². The maximum Gasteiger partial charge on any atom is 0.416 e. The van der Waals surface area contributed by atoms with E-state index in [1.54, 1.807) is 12.1 Å². The second-order valence-corrected chi connectivity index (χ2v) is 4.79. The number of rotatable bonds is 4. The van der Waals surface area contributed by atoms with Gasteiger partial charge in [-0.2, -0.15) is 13.2 Å². The topological polar surface area (TPSA) is 29.1 Å². The average Bonchev–Trinajstić information content (AvgIpc) is 2.47. The minimum atomic E-state index is -4.39. The van der Waals surface area contributed by atoms with Gasteiger partial charge in [-0.05, 0) is 25.1 Å². The van der Waals surface area contributed by atoms with Crippen LogP contribution in [-0.2, 0) is 6.18 Å². The van der Waals surface area contributed by atoms with Crippen LogP contribution in [0, 0.1) is 6.92 Å². The summed E-state index contributed by atoms with van der Waals surface area (Å²) < 4.78 is 37.7. The molecule has 0 unspecified atom stereocenters. The number of carbonyl (C=O) groups is 1. The van der Waals surface area contributed by atoms with E-state index < -0.39 is 11.7 Å². The van der Waals surface area contributed by atoms with Crippen LogP contribution < -0.4 is 5.32 Å². The highest BCUT2D eigenvalue weighted by Crippen LogP contribution is 2.30. The zero-order valence-electron chi connectivity index (χ0n) is 11.8. The molecule has 0 fully saturated rings. The molecule has 0 amide bonds. The third kappa shape index (κ3) is 4.22. The number of nitrogens with one attached hydrogen (secondary N) is 1. The van der Waals surface area contributed by atoms with Gasteiger partial charge in [0.1, 0.15) is 0 Å². The van der Waals surface area contributed by atoms with Crippen LogP contribution in [0.25, 0.3) is 0 Å². The van der Waals surface area contributed by atoms with Crippen LogP contribution in [0.3, 0.4) is 0 Å². The Morgan fingerprint density at radius 1 is 1.09 bits per heavy atom. The third-order valence-corrected chi connectivity index (χ3v) is 3.01. The molecule has 2 nitrogen and oxygen atoms in total. The van der Waals surface area contributed by atoms with Crippen molar-refractivity contribution in [1.82, 2.24) is 0 Å². The van der Waals surface area contributed by atoms with Gasteiger partial charge in [0.2, 0.25) is 0 Å². The van der Waals surface area contributed by atoms with Gasteiger partial charge < -0.3 is 5.32 Å². The molecule has 0 spiro atoms. The minimum Gasteiger partial charge on any atom is -0.362 e. The lowest BCUT2D eigenvalue weighted by atomic mass is 10.1. The number of hydrogen-bond acceptors (Lipinski definition) is 2. The summed E-state index contributed by atoms with van der Waals surface area (Å²) in [5, 5.41) is 2.67. The molecular formula is C17H14F3NO. The maximum absolute atomic E-state index is 12.6. The smallest absolute Gasteiger partial charge is 0.362 e. The van der Waals surface area contributed by atoms with Gasteiger partial charge in [0, 0.05) is 23.5 Å². The first-order valence-corrected chi connectivity index (χ1v) is 6.57. The van der Waals surface area contributed by atoms with Crippen LogP contribution in [0.4, 0.5) is 18.9 Å². The van der Waals surface area contributed by atoms with E-state index in [1.165, 1.54) is 24.4 Å². The van der Waals surface area contributed by atoms with Gasteiger partial charge in [-0.25, -0.2) is 0 Å². The lowest BCUT2D eigenvalue weighted by Crippen LogP contribution is -2.05. The van der Waals surface area contributed by atoms with Crippen LogP contribution in [0.2, 0.25) is 0 Å². The predicted octanol–water partition coefficient (Wildman–Crippen LogP) is 4.82. The summed E-state index contributed by atoms with van der Waals surface area (Å²) in [6.07, 6.45) is -1.78. The van der Waals surface area contributed by atoms with E-state index in [9.17, 15) is 18.0 Å². The highest BCUT2D eigenvalue weighted by Gasteiger charge is 2.30. The number of alkyl halides is 3. The molecule has 0 atom stereocenters. The number of benzene rings is 2. The number of anilines is 1. The third-order valence-electron chi connectivity index (χ3n) is 3.01. The SMILES string of the molecule is Cc1ccc(C(=O)/C=C/Nc2cccc(C(F)(F)F)c2)cc1. The van der Waals surface area contributed by atoms with E-state index >= 15 is 0 Å². The van der Waals surface area contributed by atoms with Crippen molar-refractivity contribution >= 4 is 11.5 Å². The molecule has 0 radical (unpaired) electrons. The van der Waals surface area contributed by atoms with Crippen molar-refractivity contribution in [3.05, 3.63) is 77.5 Å². The van der Waals surface area contributed by atoms with E-state index in [-0.39, 0.29) is 11.5 Å². The van der Waals surface area contributed by atoms with Gasteiger partial charge in [-0.3, -0.25) is 4.79 Å². The van der Waals surface area contributed by atoms with Crippen LogP contribution in [0.15, 0.2) is 60.8 Å². The molecule has 5 heteroatoms. The zero-order valence-corrected chi connectivity index (χ0v) is 11.8. The number of carbonyl (C=O) groups excluding carboxylic acids is 1. The summed E-state index contributed by atoms with van der Waals surface area (Å²) in [5.74, 6) is -0.223. The lowest BCUT2D eigenvalue weighted by molar-refractivity contribution is -0.137. The fourth-order valence-electron chi connectivity index (χ4n) is 1.81. The van der Waals surface area contributed by atoms with Gasteiger partial charge in [-0.15, -0.1) is 0 Å². The van der Waals surface area contributed by atoms with E-state index in [4.69, 9.17) is 0 Å². The molecular weight excluding hydrogens is 291 g/mol. The molecule has 0 aliphatic heterocycles. The summed E-state index contributed by atoms with van der Waals surface area (Å²) in [4.78, 5) is 11.9. The Bertz CT molecular complexity index is 688. The molecule has 0 saturated carbocycles. The normalized spacial score (nSPS) is 11.6. The average molecular weight is 305 g/mol. The number of aryl methyl sites for hydroxylation is 1. The molecule has 2 aromatic carbocycles. The largest absolute Gasteiger partial charge is 0.416 e. The first-order chi connectivity index (χ1) is 10.4. The Morgan fingerprint density at radius 3 is 2.41 bits per heavy atom. The molecule has 1 N–H and O–H groups in total. The maximum atomic E-state index is 12.6. The van der Waals surface area contributed by atoms with Crippen molar-refractivity contribution < 1.29 is 18.0 Å². The highest BCUT2D eigenvalue weighted by molar-refractivity contribution is 6.04. The van der Waals surface area contributed by atoms with Crippen molar-refractivity contribution in [2.45, 2.75) is 13.1 Å². The molecule has 22 heavy (non-hydrogen) atoms. The van der Waals surface area contributed by atoms with Crippen molar-refractivity contribution in [3.63, 3.8) is 0 Å². The van der Waals surface area contributed by atoms with Gasteiger partial charge in [0.25, 0.3) is 0 Å². The molecule has 0 aliphatic carbocycles. The highest BCUT2D eigenvalue weighted by atomic mass is 19.4. The van der Waals surface area contributed by atoms with Gasteiger partial charge in [0.05, 0.1) is 5.56 Å². The van der Waals surface area contributed by atoms with Crippen molar-refractivity contribution in [1.29, 1.82) is 0 Å². The van der Waals surface area contributed by atoms with Gasteiger partial charge in [0.15, 0.2) is 5.78 Å². The standard InChI is InChI=1S/C17H14F3NO/c1-12-5-7-13(8-6-12)16(22)9-10-21-15-4-2-3-14(11-15)17(18,19)20/h2-11,21H,1H3/b10-9+. The summed E-state index contributed by atoms with van der Waals surface area (Å²) >= 11 is 0. The number of halogens is 3. The second-order valence-electron chi connectivity index (χ2n) is 4.79. The molecule has 0 bridgehead atoms. The molecule has 0 aromatic heterocycles. The number of hydrogen-bond donors (Lipinski definition) is 1. The molecule has 114 valence electrons. The molecule has 0 aliphatic rings. The Hall–Kier alpha value is -2.56. The van der Waals surface area contributed by atoms with Crippen LogP contribution >= 0.6 is 0 Å².